The molecule has 2 aromatic carbocycles. The summed E-state index contributed by atoms with van der Waals surface area (Å²) >= 11 is 3.59. The molecule has 0 aliphatic heterocycles. The van der Waals surface area contributed by atoms with Crippen molar-refractivity contribution < 1.29 is 0 Å². The van der Waals surface area contributed by atoms with Gasteiger partial charge in [-0.2, -0.15) is 0 Å². The molecule has 3 N–H and O–H groups in total. The van der Waals surface area contributed by atoms with Gasteiger partial charge in [0.25, 0.3) is 0 Å². The fourth-order valence-corrected chi connectivity index (χ4v) is 2.84. The van der Waals surface area contributed by atoms with Crippen LogP contribution < -0.4 is 11.3 Å². The van der Waals surface area contributed by atoms with Crippen LogP contribution in [0, 0.1) is 27.7 Å². The molecule has 0 amide bonds. The molecule has 2 rings (SSSR count). The number of halogens is 1. The topological polar surface area (TPSA) is 38.0 Å². The Morgan fingerprint density at radius 3 is 2.15 bits per heavy atom. The van der Waals surface area contributed by atoms with Crippen molar-refractivity contribution in [3.63, 3.8) is 0 Å². The summed E-state index contributed by atoms with van der Waals surface area (Å²) < 4.78 is 1.11. The number of hydrazine groups is 1. The Kier molecular flexibility index (Phi) is 4.63. The predicted octanol–water partition coefficient (Wildman–Crippen LogP) is 4.24. The van der Waals surface area contributed by atoms with E-state index in [4.69, 9.17) is 5.84 Å². The van der Waals surface area contributed by atoms with Crippen molar-refractivity contribution >= 4 is 15.9 Å². The molecule has 106 valence electrons. The zero-order valence-corrected chi connectivity index (χ0v) is 14.0. The summed E-state index contributed by atoms with van der Waals surface area (Å²) in [5, 5.41) is 0. The molecule has 2 nitrogen and oxygen atoms in total. The van der Waals surface area contributed by atoms with E-state index in [1.54, 1.807) is 0 Å². The van der Waals surface area contributed by atoms with Gasteiger partial charge in [-0.05, 0) is 67.1 Å². The zero-order chi connectivity index (χ0) is 14.9. The van der Waals surface area contributed by atoms with Crippen LogP contribution in [-0.4, -0.2) is 0 Å². The molecule has 3 heteroatoms. The van der Waals surface area contributed by atoms with E-state index in [1.807, 2.05) is 0 Å². The Morgan fingerprint density at radius 1 is 0.900 bits per heavy atom. The highest BCUT2D eigenvalue weighted by Gasteiger charge is 2.16. The van der Waals surface area contributed by atoms with Gasteiger partial charge in [0.05, 0.1) is 6.04 Å². The van der Waals surface area contributed by atoms with Crippen molar-refractivity contribution in [1.82, 2.24) is 5.43 Å². The van der Waals surface area contributed by atoms with Gasteiger partial charge >= 0.3 is 0 Å². The van der Waals surface area contributed by atoms with Gasteiger partial charge in [-0.15, -0.1) is 0 Å². The largest absolute Gasteiger partial charge is 0.271 e. The Hall–Kier alpha value is -1.16. The monoisotopic (exact) mass is 332 g/mol. The van der Waals surface area contributed by atoms with Crippen molar-refractivity contribution in [1.29, 1.82) is 0 Å². The first-order valence-corrected chi connectivity index (χ1v) is 7.53. The van der Waals surface area contributed by atoms with E-state index in [2.05, 4.69) is 79.4 Å². The van der Waals surface area contributed by atoms with Crippen LogP contribution in [0.1, 0.15) is 39.4 Å². The van der Waals surface area contributed by atoms with E-state index >= 15 is 0 Å². The van der Waals surface area contributed by atoms with Crippen molar-refractivity contribution in [3.05, 3.63) is 68.2 Å². The summed E-state index contributed by atoms with van der Waals surface area (Å²) in [6.07, 6.45) is 0. The van der Waals surface area contributed by atoms with E-state index in [9.17, 15) is 0 Å². The maximum absolute atomic E-state index is 5.82. The van der Waals surface area contributed by atoms with E-state index in [0.717, 1.165) is 10.0 Å². The molecule has 0 spiro atoms. The molecule has 0 radical (unpaired) electrons. The van der Waals surface area contributed by atoms with Crippen LogP contribution in [0.4, 0.5) is 0 Å². The minimum atomic E-state index is 0.00574. The Morgan fingerprint density at radius 2 is 1.55 bits per heavy atom. The number of rotatable bonds is 3. The van der Waals surface area contributed by atoms with Gasteiger partial charge in [-0.1, -0.05) is 40.2 Å². The average Bonchev–Trinajstić information content (AvgIpc) is 2.40. The van der Waals surface area contributed by atoms with Crippen molar-refractivity contribution in [2.75, 3.05) is 0 Å². The van der Waals surface area contributed by atoms with Crippen LogP contribution in [0.25, 0.3) is 0 Å². The third kappa shape index (κ3) is 2.95. The highest BCUT2D eigenvalue weighted by Crippen LogP contribution is 2.29. The molecule has 1 unspecified atom stereocenters. The summed E-state index contributed by atoms with van der Waals surface area (Å²) in [6, 6.07) is 10.8. The molecule has 20 heavy (non-hydrogen) atoms. The van der Waals surface area contributed by atoms with Crippen molar-refractivity contribution in [2.45, 2.75) is 33.7 Å². The van der Waals surface area contributed by atoms with Crippen molar-refractivity contribution in [3.8, 4) is 0 Å². The lowest BCUT2D eigenvalue weighted by molar-refractivity contribution is 0.632. The minimum absolute atomic E-state index is 0.00574. The second-order valence-corrected chi connectivity index (χ2v) is 6.26. The lowest BCUT2D eigenvalue weighted by atomic mass is 9.92. The maximum atomic E-state index is 5.82. The van der Waals surface area contributed by atoms with Gasteiger partial charge in [-0.25, -0.2) is 5.43 Å². The van der Waals surface area contributed by atoms with E-state index < -0.39 is 0 Å². The van der Waals surface area contributed by atoms with Crippen LogP contribution in [-0.2, 0) is 0 Å². The van der Waals surface area contributed by atoms with Crippen LogP contribution in [0.5, 0.6) is 0 Å². The lowest BCUT2D eigenvalue weighted by Crippen LogP contribution is -2.29. The van der Waals surface area contributed by atoms with Gasteiger partial charge in [0.1, 0.15) is 0 Å². The van der Waals surface area contributed by atoms with E-state index in [0.29, 0.717) is 0 Å². The first-order chi connectivity index (χ1) is 9.43. The number of nitrogens with one attached hydrogen (secondary N) is 1. The van der Waals surface area contributed by atoms with E-state index in [-0.39, 0.29) is 6.04 Å². The van der Waals surface area contributed by atoms with Gasteiger partial charge in [0, 0.05) is 4.47 Å². The molecular formula is C17H21BrN2. The average molecular weight is 333 g/mol. The molecular weight excluding hydrogens is 312 g/mol. The third-order valence-electron chi connectivity index (χ3n) is 3.89. The summed E-state index contributed by atoms with van der Waals surface area (Å²) in [5.74, 6) is 5.82. The highest BCUT2D eigenvalue weighted by atomic mass is 79.9. The summed E-state index contributed by atoms with van der Waals surface area (Å²) in [5.41, 5.74) is 10.4. The number of aryl methyl sites for hydroxylation is 4. The molecule has 0 saturated heterocycles. The molecule has 0 aliphatic rings. The van der Waals surface area contributed by atoms with Gasteiger partial charge < -0.3 is 0 Å². The third-order valence-corrected chi connectivity index (χ3v) is 4.74. The SMILES string of the molecule is Cc1cc(C)c(C(NN)c2ccc(C)c(Br)c2)cc1C. The summed E-state index contributed by atoms with van der Waals surface area (Å²) in [6.45, 7) is 8.49. The van der Waals surface area contributed by atoms with Gasteiger partial charge in [-0.3, -0.25) is 5.84 Å². The molecule has 0 aliphatic carbocycles. The summed E-state index contributed by atoms with van der Waals surface area (Å²) in [7, 11) is 0. The Labute approximate surface area is 129 Å². The second kappa shape index (κ2) is 6.08. The molecule has 0 fully saturated rings. The van der Waals surface area contributed by atoms with E-state index in [1.165, 1.54) is 27.8 Å². The quantitative estimate of drug-likeness (QED) is 0.651. The smallest absolute Gasteiger partial charge is 0.0713 e. The first kappa shape index (κ1) is 15.2. The maximum Gasteiger partial charge on any atom is 0.0713 e. The number of hydrogen-bond donors (Lipinski definition) is 2. The van der Waals surface area contributed by atoms with Crippen LogP contribution in [0.15, 0.2) is 34.8 Å². The normalized spacial score (nSPS) is 12.5. The minimum Gasteiger partial charge on any atom is -0.271 e. The van der Waals surface area contributed by atoms with Crippen LogP contribution in [0.3, 0.4) is 0 Å². The zero-order valence-electron chi connectivity index (χ0n) is 12.4. The molecule has 2 aromatic rings. The molecule has 1 atom stereocenters. The lowest BCUT2D eigenvalue weighted by Gasteiger charge is -2.21. The summed E-state index contributed by atoms with van der Waals surface area (Å²) in [4.78, 5) is 0. The van der Waals surface area contributed by atoms with Gasteiger partial charge in [0.15, 0.2) is 0 Å². The second-order valence-electron chi connectivity index (χ2n) is 5.40. The van der Waals surface area contributed by atoms with Gasteiger partial charge in [0.2, 0.25) is 0 Å². The molecule has 0 bridgehead atoms. The molecule has 0 heterocycles. The molecule has 0 aromatic heterocycles. The van der Waals surface area contributed by atoms with Crippen LogP contribution in [0.2, 0.25) is 0 Å². The van der Waals surface area contributed by atoms with Crippen LogP contribution >= 0.6 is 15.9 Å². The Bertz CT molecular complexity index is 635. The molecule has 0 saturated carbocycles. The first-order valence-electron chi connectivity index (χ1n) is 6.74. The highest BCUT2D eigenvalue weighted by molar-refractivity contribution is 9.10. The fraction of sp³-hybridized carbons (Fsp3) is 0.294. The standard InChI is InChI=1S/C17H21BrN2/c1-10-5-6-14(9-16(10)18)17(20-19)15-8-12(3)11(2)7-13(15)4/h5-9,17,20H,19H2,1-4H3. The number of hydrogen-bond acceptors (Lipinski definition) is 2. The predicted molar refractivity (Wildman–Crippen MR) is 88.7 cm³/mol. The van der Waals surface area contributed by atoms with Crippen molar-refractivity contribution in [2.24, 2.45) is 5.84 Å². The fourth-order valence-electron chi connectivity index (χ4n) is 2.45. The number of nitrogens with two attached hydrogens (primary N) is 1. The number of benzene rings is 2. The Balaban J connectivity index is 2.52.